The van der Waals surface area contributed by atoms with E-state index >= 15 is 0 Å². The molecule has 0 saturated heterocycles. The Morgan fingerprint density at radius 1 is 1.64 bits per heavy atom. The monoisotopic (exact) mass is 196 g/mol. The molecule has 0 radical (unpaired) electrons. The first-order valence-corrected chi connectivity index (χ1v) is 5.47. The summed E-state index contributed by atoms with van der Waals surface area (Å²) in [7, 11) is 0. The molecular weight excluding hydrogens is 176 g/mol. The summed E-state index contributed by atoms with van der Waals surface area (Å²) in [6, 6.07) is 0. The quantitative estimate of drug-likeness (QED) is 0.647. The third kappa shape index (κ3) is 3.95. The van der Waals surface area contributed by atoms with E-state index in [9.17, 15) is 4.79 Å². The van der Waals surface area contributed by atoms with Crippen molar-refractivity contribution in [3.8, 4) is 0 Å². The van der Waals surface area contributed by atoms with Crippen LogP contribution in [0.5, 0.6) is 0 Å². The summed E-state index contributed by atoms with van der Waals surface area (Å²) in [5, 5.41) is 0. The molecule has 0 bridgehead atoms. The molecule has 14 heavy (non-hydrogen) atoms. The van der Waals surface area contributed by atoms with Crippen LogP contribution in [-0.4, -0.2) is 5.97 Å². The molecule has 0 spiro atoms. The maximum absolute atomic E-state index is 11.4. The van der Waals surface area contributed by atoms with Crippen molar-refractivity contribution >= 4 is 5.97 Å². The Labute approximate surface area is 86.3 Å². The number of allylic oxidation sites excluding steroid dienone is 2. The highest BCUT2D eigenvalue weighted by molar-refractivity contribution is 5.70. The lowest BCUT2D eigenvalue weighted by atomic mass is 9.95. The van der Waals surface area contributed by atoms with Gasteiger partial charge in [-0.25, -0.2) is 0 Å². The van der Waals surface area contributed by atoms with E-state index in [4.69, 9.17) is 4.74 Å². The lowest BCUT2D eigenvalue weighted by Crippen LogP contribution is -2.11. The van der Waals surface area contributed by atoms with Crippen LogP contribution in [-0.2, 0) is 9.53 Å². The second kappa shape index (κ2) is 5.18. The standard InChI is InChI=1S/C12H20O2/c1-9(2)7-12(13)14-11-6-4-5-10(3)8-11/h6,9-10H,4-5,7-8H2,1-3H3/t10-/m1/s1. The fourth-order valence-corrected chi connectivity index (χ4v) is 1.66. The zero-order valence-electron chi connectivity index (χ0n) is 9.38. The first kappa shape index (κ1) is 11.3. The third-order valence-corrected chi connectivity index (χ3v) is 2.40. The number of esters is 1. The number of rotatable bonds is 3. The largest absolute Gasteiger partial charge is 0.431 e. The first-order valence-electron chi connectivity index (χ1n) is 5.47. The maximum Gasteiger partial charge on any atom is 0.311 e. The van der Waals surface area contributed by atoms with Gasteiger partial charge in [-0.15, -0.1) is 0 Å². The molecule has 80 valence electrons. The zero-order chi connectivity index (χ0) is 10.6. The van der Waals surface area contributed by atoms with Crippen LogP contribution in [0, 0.1) is 11.8 Å². The van der Waals surface area contributed by atoms with Gasteiger partial charge in [-0.05, 0) is 30.8 Å². The maximum atomic E-state index is 11.4. The summed E-state index contributed by atoms with van der Waals surface area (Å²) >= 11 is 0. The molecule has 0 N–H and O–H groups in total. The Balaban J connectivity index is 2.36. The number of carbonyl (C=O) groups excluding carboxylic acids is 1. The minimum Gasteiger partial charge on any atom is -0.431 e. The fourth-order valence-electron chi connectivity index (χ4n) is 1.66. The van der Waals surface area contributed by atoms with Crippen molar-refractivity contribution in [3.63, 3.8) is 0 Å². The van der Waals surface area contributed by atoms with Gasteiger partial charge < -0.3 is 4.74 Å². The van der Waals surface area contributed by atoms with E-state index in [2.05, 4.69) is 13.0 Å². The average molecular weight is 196 g/mol. The van der Waals surface area contributed by atoms with E-state index in [0.29, 0.717) is 18.3 Å². The fraction of sp³-hybridized carbons (Fsp3) is 0.750. The van der Waals surface area contributed by atoms with E-state index in [0.717, 1.165) is 18.6 Å². The van der Waals surface area contributed by atoms with E-state index in [1.54, 1.807) is 0 Å². The molecule has 2 heteroatoms. The summed E-state index contributed by atoms with van der Waals surface area (Å²) in [6.07, 6.45) is 5.75. The average Bonchev–Trinajstić information content (AvgIpc) is 2.01. The number of ether oxygens (including phenoxy) is 1. The lowest BCUT2D eigenvalue weighted by Gasteiger charge is -2.18. The zero-order valence-corrected chi connectivity index (χ0v) is 9.38. The highest BCUT2D eigenvalue weighted by Crippen LogP contribution is 2.24. The first-order chi connectivity index (χ1) is 6.58. The molecule has 2 nitrogen and oxygen atoms in total. The third-order valence-electron chi connectivity index (χ3n) is 2.40. The summed E-state index contributed by atoms with van der Waals surface area (Å²) in [5.74, 6) is 1.83. The Morgan fingerprint density at radius 2 is 2.36 bits per heavy atom. The van der Waals surface area contributed by atoms with Crippen molar-refractivity contribution in [2.24, 2.45) is 11.8 Å². The van der Waals surface area contributed by atoms with Crippen LogP contribution >= 0.6 is 0 Å². The van der Waals surface area contributed by atoms with E-state index in [-0.39, 0.29) is 5.97 Å². The van der Waals surface area contributed by atoms with Crippen LogP contribution < -0.4 is 0 Å². The normalized spacial score (nSPS) is 22.0. The van der Waals surface area contributed by atoms with Crippen LogP contribution in [0.15, 0.2) is 11.8 Å². The second-order valence-electron chi connectivity index (χ2n) is 4.63. The predicted molar refractivity (Wildman–Crippen MR) is 56.6 cm³/mol. The molecular formula is C12H20O2. The Bertz CT molecular complexity index is 228. The highest BCUT2D eigenvalue weighted by Gasteiger charge is 2.15. The van der Waals surface area contributed by atoms with Crippen LogP contribution in [0.25, 0.3) is 0 Å². The molecule has 0 aromatic heterocycles. The molecule has 0 saturated carbocycles. The Hall–Kier alpha value is -0.790. The minimum absolute atomic E-state index is 0.0830. The molecule has 0 aromatic carbocycles. The van der Waals surface area contributed by atoms with Crippen LogP contribution in [0.4, 0.5) is 0 Å². The molecule has 0 amide bonds. The summed E-state index contributed by atoms with van der Waals surface area (Å²) in [6.45, 7) is 6.25. The van der Waals surface area contributed by atoms with Crippen LogP contribution in [0.2, 0.25) is 0 Å². The molecule has 0 fully saturated rings. The van der Waals surface area contributed by atoms with Crippen molar-refractivity contribution in [3.05, 3.63) is 11.8 Å². The van der Waals surface area contributed by atoms with Crippen molar-refractivity contribution < 1.29 is 9.53 Å². The van der Waals surface area contributed by atoms with Gasteiger partial charge in [0.15, 0.2) is 0 Å². The molecule has 1 aliphatic rings. The van der Waals surface area contributed by atoms with Gasteiger partial charge in [0.2, 0.25) is 0 Å². The van der Waals surface area contributed by atoms with Gasteiger partial charge >= 0.3 is 5.97 Å². The number of hydrogen-bond donors (Lipinski definition) is 0. The Morgan fingerprint density at radius 3 is 2.93 bits per heavy atom. The van der Waals surface area contributed by atoms with Crippen molar-refractivity contribution in [2.45, 2.75) is 46.5 Å². The van der Waals surface area contributed by atoms with Crippen molar-refractivity contribution in [2.75, 3.05) is 0 Å². The lowest BCUT2D eigenvalue weighted by molar-refractivity contribution is -0.140. The van der Waals surface area contributed by atoms with Gasteiger partial charge in [0, 0.05) is 12.8 Å². The van der Waals surface area contributed by atoms with E-state index in [1.807, 2.05) is 13.8 Å². The smallest absolute Gasteiger partial charge is 0.311 e. The van der Waals surface area contributed by atoms with Crippen LogP contribution in [0.3, 0.4) is 0 Å². The minimum atomic E-state index is -0.0830. The van der Waals surface area contributed by atoms with Crippen molar-refractivity contribution in [1.82, 2.24) is 0 Å². The van der Waals surface area contributed by atoms with Gasteiger partial charge in [0.05, 0.1) is 0 Å². The summed E-state index contributed by atoms with van der Waals surface area (Å²) < 4.78 is 5.29. The van der Waals surface area contributed by atoms with Gasteiger partial charge in [0.25, 0.3) is 0 Å². The SMILES string of the molecule is CC(C)CC(=O)OC1=CCC[C@@H](C)C1. The Kier molecular flexibility index (Phi) is 4.18. The van der Waals surface area contributed by atoms with Gasteiger partial charge in [-0.1, -0.05) is 20.8 Å². The van der Waals surface area contributed by atoms with Gasteiger partial charge in [-0.2, -0.15) is 0 Å². The summed E-state index contributed by atoms with van der Waals surface area (Å²) in [4.78, 5) is 11.4. The second-order valence-corrected chi connectivity index (χ2v) is 4.63. The van der Waals surface area contributed by atoms with Crippen molar-refractivity contribution in [1.29, 1.82) is 0 Å². The molecule has 1 rings (SSSR count). The van der Waals surface area contributed by atoms with E-state index in [1.165, 1.54) is 6.42 Å². The molecule has 0 heterocycles. The summed E-state index contributed by atoms with van der Waals surface area (Å²) in [5.41, 5.74) is 0. The molecule has 1 aliphatic carbocycles. The predicted octanol–water partition coefficient (Wildman–Crippen LogP) is 3.28. The van der Waals surface area contributed by atoms with Crippen LogP contribution in [0.1, 0.15) is 46.5 Å². The van der Waals surface area contributed by atoms with Gasteiger partial charge in [-0.3, -0.25) is 4.79 Å². The topological polar surface area (TPSA) is 26.3 Å². The highest BCUT2D eigenvalue weighted by atomic mass is 16.5. The molecule has 1 atom stereocenters. The number of carbonyl (C=O) groups is 1. The number of hydrogen-bond acceptors (Lipinski definition) is 2. The molecule has 0 unspecified atom stereocenters. The molecule has 0 aliphatic heterocycles. The van der Waals surface area contributed by atoms with E-state index < -0.39 is 0 Å². The molecule has 0 aromatic rings. The van der Waals surface area contributed by atoms with Gasteiger partial charge in [0.1, 0.15) is 5.76 Å².